The number of nitrogens with zero attached hydrogens (tertiary/aromatic N) is 3. The SMILES string of the molecule is CN(Cc1nc2ccccc2c(=O)[nH]1)C(=O)c1ccc(Cl)nc1. The highest BCUT2D eigenvalue weighted by Crippen LogP contribution is 2.10. The van der Waals surface area contributed by atoms with Crippen LogP contribution in [0, 0.1) is 0 Å². The van der Waals surface area contributed by atoms with Crippen molar-refractivity contribution in [2.75, 3.05) is 7.05 Å². The van der Waals surface area contributed by atoms with Crippen molar-refractivity contribution < 1.29 is 4.79 Å². The van der Waals surface area contributed by atoms with Gasteiger partial charge in [-0.2, -0.15) is 0 Å². The molecule has 0 unspecified atom stereocenters. The third-order valence-electron chi connectivity index (χ3n) is 3.37. The molecule has 2 heterocycles. The predicted molar refractivity (Wildman–Crippen MR) is 87.4 cm³/mol. The lowest BCUT2D eigenvalue weighted by atomic mass is 10.2. The Morgan fingerprint density at radius 1 is 1.26 bits per heavy atom. The van der Waals surface area contributed by atoms with Crippen LogP contribution in [-0.2, 0) is 6.54 Å². The van der Waals surface area contributed by atoms with Crippen LogP contribution in [0.3, 0.4) is 0 Å². The lowest BCUT2D eigenvalue weighted by Gasteiger charge is -2.16. The molecule has 0 radical (unpaired) electrons. The van der Waals surface area contributed by atoms with Gasteiger partial charge < -0.3 is 9.88 Å². The first-order chi connectivity index (χ1) is 11.0. The van der Waals surface area contributed by atoms with Crippen molar-refractivity contribution in [1.82, 2.24) is 19.9 Å². The Hall–Kier alpha value is -2.73. The summed E-state index contributed by atoms with van der Waals surface area (Å²) in [6, 6.07) is 10.2. The molecule has 6 nitrogen and oxygen atoms in total. The Kier molecular flexibility index (Phi) is 4.08. The molecule has 116 valence electrons. The van der Waals surface area contributed by atoms with Crippen LogP contribution in [-0.4, -0.2) is 32.8 Å². The van der Waals surface area contributed by atoms with Crippen LogP contribution in [0.2, 0.25) is 5.15 Å². The molecular formula is C16H13ClN4O2. The van der Waals surface area contributed by atoms with Crippen molar-refractivity contribution in [3.8, 4) is 0 Å². The number of aromatic amines is 1. The second-order valence-electron chi connectivity index (χ2n) is 5.06. The number of H-pyrrole nitrogens is 1. The van der Waals surface area contributed by atoms with Gasteiger partial charge in [-0.3, -0.25) is 9.59 Å². The highest BCUT2D eigenvalue weighted by molar-refractivity contribution is 6.29. The maximum absolute atomic E-state index is 12.3. The molecule has 0 atom stereocenters. The molecule has 0 fully saturated rings. The van der Waals surface area contributed by atoms with Crippen LogP contribution in [0.15, 0.2) is 47.4 Å². The molecule has 0 saturated heterocycles. The summed E-state index contributed by atoms with van der Waals surface area (Å²) in [5.74, 6) is 0.191. The molecule has 0 aliphatic rings. The van der Waals surface area contributed by atoms with Crippen LogP contribution in [0.25, 0.3) is 10.9 Å². The number of halogens is 1. The Morgan fingerprint density at radius 2 is 2.04 bits per heavy atom. The van der Waals surface area contributed by atoms with Gasteiger partial charge in [0.25, 0.3) is 11.5 Å². The number of carbonyl (C=O) groups is 1. The van der Waals surface area contributed by atoms with Gasteiger partial charge in [-0.25, -0.2) is 9.97 Å². The number of para-hydroxylation sites is 1. The van der Waals surface area contributed by atoms with Gasteiger partial charge in [0, 0.05) is 13.2 Å². The molecule has 1 N–H and O–H groups in total. The average molecular weight is 329 g/mol. The molecule has 0 saturated carbocycles. The highest BCUT2D eigenvalue weighted by Gasteiger charge is 2.14. The van der Waals surface area contributed by atoms with E-state index in [4.69, 9.17) is 11.6 Å². The first-order valence-electron chi connectivity index (χ1n) is 6.89. The molecule has 2 aromatic heterocycles. The number of hydrogen-bond donors (Lipinski definition) is 1. The van der Waals surface area contributed by atoms with Crippen LogP contribution in [0.4, 0.5) is 0 Å². The Bertz CT molecular complexity index is 921. The van der Waals surface area contributed by atoms with Gasteiger partial charge in [0.1, 0.15) is 11.0 Å². The number of fused-ring (bicyclic) bond motifs is 1. The van der Waals surface area contributed by atoms with E-state index < -0.39 is 0 Å². The standard InChI is InChI=1S/C16H13ClN4O2/c1-21(16(23)10-6-7-13(17)18-8-10)9-14-19-12-5-3-2-4-11(12)15(22)20-14/h2-8H,9H2,1H3,(H,19,20,22). The minimum absolute atomic E-state index is 0.182. The van der Waals surface area contributed by atoms with Crippen molar-refractivity contribution in [2.24, 2.45) is 0 Å². The number of pyridine rings is 1. The van der Waals surface area contributed by atoms with E-state index in [1.807, 2.05) is 6.07 Å². The van der Waals surface area contributed by atoms with Crippen LogP contribution in [0.1, 0.15) is 16.2 Å². The van der Waals surface area contributed by atoms with E-state index in [0.29, 0.717) is 27.4 Å². The normalized spacial score (nSPS) is 10.7. The maximum Gasteiger partial charge on any atom is 0.258 e. The summed E-state index contributed by atoms with van der Waals surface area (Å²) >= 11 is 5.71. The summed E-state index contributed by atoms with van der Waals surface area (Å²) in [6.07, 6.45) is 1.41. The molecule has 0 spiro atoms. The van der Waals surface area contributed by atoms with Crippen molar-refractivity contribution >= 4 is 28.4 Å². The third-order valence-corrected chi connectivity index (χ3v) is 3.59. The average Bonchev–Trinajstić information content (AvgIpc) is 2.55. The molecule has 7 heteroatoms. The molecule has 0 bridgehead atoms. The molecule has 0 aliphatic carbocycles. The Morgan fingerprint density at radius 3 is 2.78 bits per heavy atom. The second-order valence-corrected chi connectivity index (χ2v) is 5.45. The fraction of sp³-hybridized carbons (Fsp3) is 0.125. The van der Waals surface area contributed by atoms with E-state index in [-0.39, 0.29) is 18.0 Å². The van der Waals surface area contributed by atoms with Gasteiger partial charge in [0.2, 0.25) is 0 Å². The molecule has 1 aromatic carbocycles. The Labute approximate surface area is 136 Å². The van der Waals surface area contributed by atoms with Crippen LogP contribution in [0.5, 0.6) is 0 Å². The van der Waals surface area contributed by atoms with Gasteiger partial charge in [-0.15, -0.1) is 0 Å². The summed E-state index contributed by atoms with van der Waals surface area (Å²) in [5.41, 5.74) is 0.792. The zero-order chi connectivity index (χ0) is 16.4. The van der Waals surface area contributed by atoms with E-state index in [1.165, 1.54) is 11.1 Å². The van der Waals surface area contributed by atoms with Crippen LogP contribution < -0.4 is 5.56 Å². The number of hydrogen-bond acceptors (Lipinski definition) is 4. The third kappa shape index (κ3) is 3.22. The highest BCUT2D eigenvalue weighted by atomic mass is 35.5. The fourth-order valence-electron chi connectivity index (χ4n) is 2.23. The zero-order valence-corrected chi connectivity index (χ0v) is 13.0. The van der Waals surface area contributed by atoms with E-state index in [2.05, 4.69) is 15.0 Å². The second kappa shape index (κ2) is 6.18. The van der Waals surface area contributed by atoms with Gasteiger partial charge in [0.05, 0.1) is 23.0 Å². The quantitative estimate of drug-likeness (QED) is 0.748. The van der Waals surface area contributed by atoms with Gasteiger partial charge in [0.15, 0.2) is 0 Å². The number of amides is 1. The molecule has 1 amide bonds. The topological polar surface area (TPSA) is 79.0 Å². The number of aromatic nitrogens is 3. The van der Waals surface area contributed by atoms with Crippen molar-refractivity contribution in [1.29, 1.82) is 0 Å². The summed E-state index contributed by atoms with van der Waals surface area (Å²) in [5, 5.41) is 0.844. The first kappa shape index (κ1) is 15.2. The van der Waals surface area contributed by atoms with Crippen LogP contribution >= 0.6 is 11.6 Å². The Balaban J connectivity index is 1.85. The number of benzene rings is 1. The predicted octanol–water partition coefficient (Wildman–Crippen LogP) is 2.24. The molecule has 23 heavy (non-hydrogen) atoms. The van der Waals surface area contributed by atoms with Gasteiger partial charge in [-0.1, -0.05) is 23.7 Å². The summed E-state index contributed by atoms with van der Waals surface area (Å²) < 4.78 is 0. The van der Waals surface area contributed by atoms with Crippen molar-refractivity contribution in [2.45, 2.75) is 6.54 Å². The van der Waals surface area contributed by atoms with E-state index in [1.54, 1.807) is 37.4 Å². The minimum atomic E-state index is -0.232. The molecule has 3 aromatic rings. The lowest BCUT2D eigenvalue weighted by molar-refractivity contribution is 0.0781. The smallest absolute Gasteiger partial charge is 0.258 e. The van der Waals surface area contributed by atoms with E-state index >= 15 is 0 Å². The van der Waals surface area contributed by atoms with E-state index in [0.717, 1.165) is 0 Å². The largest absolute Gasteiger partial charge is 0.334 e. The number of nitrogens with one attached hydrogen (secondary N) is 1. The maximum atomic E-state index is 12.3. The number of rotatable bonds is 3. The minimum Gasteiger partial charge on any atom is -0.334 e. The summed E-state index contributed by atoms with van der Waals surface area (Å²) in [4.78, 5) is 36.8. The monoisotopic (exact) mass is 328 g/mol. The fourth-order valence-corrected chi connectivity index (χ4v) is 2.34. The summed E-state index contributed by atoms with van der Waals surface area (Å²) in [6.45, 7) is 0.182. The van der Waals surface area contributed by atoms with Gasteiger partial charge >= 0.3 is 0 Å². The van der Waals surface area contributed by atoms with Gasteiger partial charge in [-0.05, 0) is 24.3 Å². The first-order valence-corrected chi connectivity index (χ1v) is 7.27. The van der Waals surface area contributed by atoms with Crippen molar-refractivity contribution in [3.63, 3.8) is 0 Å². The molecule has 0 aliphatic heterocycles. The summed E-state index contributed by atoms with van der Waals surface area (Å²) in [7, 11) is 1.63. The van der Waals surface area contributed by atoms with Crippen molar-refractivity contribution in [3.05, 3.63) is 69.5 Å². The zero-order valence-electron chi connectivity index (χ0n) is 12.3. The lowest BCUT2D eigenvalue weighted by Crippen LogP contribution is -2.28. The number of carbonyl (C=O) groups excluding carboxylic acids is 1. The molecular weight excluding hydrogens is 316 g/mol. The molecule has 3 rings (SSSR count). The van der Waals surface area contributed by atoms with E-state index in [9.17, 15) is 9.59 Å².